The van der Waals surface area contributed by atoms with E-state index >= 15 is 0 Å². The average molecular weight is 635 g/mol. The van der Waals surface area contributed by atoms with Crippen molar-refractivity contribution in [3.05, 3.63) is 58.7 Å². The smallest absolute Gasteiger partial charge is 0.377 e. The molecule has 0 fully saturated rings. The zero-order chi connectivity index (χ0) is 28.0. The normalized spacial score (nSPS) is 12.3. The Kier molecular flexibility index (Phi) is 16.0. The van der Waals surface area contributed by atoms with Gasteiger partial charge in [0.15, 0.2) is 0 Å². The summed E-state index contributed by atoms with van der Waals surface area (Å²) in [6.07, 6.45) is 3.84. The SMILES string of the molecule is CO[Si](CCCc1cccc(C)c1SSSSc1c(C)cccc1CCC[Si](OC)(OC)OC)(OC)OC. The summed E-state index contributed by atoms with van der Waals surface area (Å²) in [5.74, 6) is 0. The first kappa shape index (κ1) is 34.2. The van der Waals surface area contributed by atoms with Gasteiger partial charge in [-0.15, -0.1) is 0 Å². The highest BCUT2D eigenvalue weighted by Crippen LogP contribution is 2.52. The van der Waals surface area contributed by atoms with Crippen molar-refractivity contribution >= 4 is 58.8 Å². The molecule has 0 atom stereocenters. The first-order valence-corrected chi connectivity index (χ1v) is 21.2. The Labute approximate surface area is 246 Å². The molecule has 0 spiro atoms. The van der Waals surface area contributed by atoms with Crippen LogP contribution in [0.5, 0.6) is 0 Å². The van der Waals surface area contributed by atoms with Crippen molar-refractivity contribution in [3.8, 4) is 0 Å². The third-order valence-electron chi connectivity index (χ3n) is 6.57. The van der Waals surface area contributed by atoms with Crippen LogP contribution in [-0.4, -0.2) is 60.3 Å². The molecule has 38 heavy (non-hydrogen) atoms. The fourth-order valence-corrected chi connectivity index (χ4v) is 14.1. The number of hydrogen-bond donors (Lipinski definition) is 0. The maximum atomic E-state index is 5.59. The Morgan fingerprint density at radius 2 is 0.895 bits per heavy atom. The summed E-state index contributed by atoms with van der Waals surface area (Å²) in [4.78, 5) is 2.69. The van der Waals surface area contributed by atoms with E-state index in [0.717, 1.165) is 37.8 Å². The van der Waals surface area contributed by atoms with Crippen molar-refractivity contribution in [2.24, 2.45) is 0 Å². The number of aryl methyl sites for hydroxylation is 4. The molecule has 2 aromatic rings. The molecule has 6 nitrogen and oxygen atoms in total. The molecule has 0 N–H and O–H groups in total. The quantitative estimate of drug-likeness (QED) is 0.0863. The van der Waals surface area contributed by atoms with Crippen LogP contribution in [0.2, 0.25) is 12.1 Å². The van der Waals surface area contributed by atoms with Crippen LogP contribution in [-0.2, 0) is 39.4 Å². The molecule has 0 aromatic heterocycles. The molecular formula is C26H42O6S4Si2. The van der Waals surface area contributed by atoms with Gasteiger partial charge in [0.05, 0.1) is 0 Å². The summed E-state index contributed by atoms with van der Waals surface area (Å²) < 4.78 is 33.5. The lowest BCUT2D eigenvalue weighted by atomic mass is 10.1. The second kappa shape index (κ2) is 17.8. The second-order valence-electron chi connectivity index (χ2n) is 8.73. The minimum atomic E-state index is -2.55. The molecule has 214 valence electrons. The third kappa shape index (κ3) is 9.84. The van der Waals surface area contributed by atoms with Gasteiger partial charge in [-0.3, -0.25) is 0 Å². The lowest BCUT2D eigenvalue weighted by Gasteiger charge is -2.24. The summed E-state index contributed by atoms with van der Waals surface area (Å²) in [5, 5.41) is 0. The van der Waals surface area contributed by atoms with Crippen molar-refractivity contribution in [3.63, 3.8) is 0 Å². The fourth-order valence-electron chi connectivity index (χ4n) is 4.26. The molecule has 0 aliphatic carbocycles. The first-order chi connectivity index (χ1) is 18.3. The van der Waals surface area contributed by atoms with Crippen LogP contribution in [0.3, 0.4) is 0 Å². The fraction of sp³-hybridized carbons (Fsp3) is 0.538. The maximum absolute atomic E-state index is 5.59. The lowest BCUT2D eigenvalue weighted by Crippen LogP contribution is -2.42. The van der Waals surface area contributed by atoms with Gasteiger partial charge < -0.3 is 26.6 Å². The molecule has 2 aromatic carbocycles. The van der Waals surface area contributed by atoms with Crippen molar-refractivity contribution in [2.75, 3.05) is 42.7 Å². The summed E-state index contributed by atoms with van der Waals surface area (Å²) in [6.45, 7) is 4.37. The Hall–Kier alpha value is 0.0338. The van der Waals surface area contributed by atoms with Crippen LogP contribution in [0.1, 0.15) is 35.1 Å². The number of hydrogen-bond acceptors (Lipinski definition) is 10. The van der Waals surface area contributed by atoms with E-state index in [0.29, 0.717) is 0 Å². The van der Waals surface area contributed by atoms with Gasteiger partial charge >= 0.3 is 17.6 Å². The molecule has 0 radical (unpaired) electrons. The van der Waals surface area contributed by atoms with Gasteiger partial charge in [-0.1, -0.05) is 36.4 Å². The molecule has 0 amide bonds. The zero-order valence-electron chi connectivity index (χ0n) is 23.8. The predicted octanol–water partition coefficient (Wildman–Crippen LogP) is 8.02. The van der Waals surface area contributed by atoms with Crippen LogP contribution in [0, 0.1) is 13.8 Å². The molecule has 2 rings (SSSR count). The minimum Gasteiger partial charge on any atom is -0.377 e. The Morgan fingerprint density at radius 1 is 0.553 bits per heavy atom. The Bertz CT molecular complexity index is 883. The van der Waals surface area contributed by atoms with E-state index in [2.05, 4.69) is 50.2 Å². The Morgan fingerprint density at radius 3 is 1.21 bits per heavy atom. The second-order valence-corrected chi connectivity index (χ2v) is 20.6. The predicted molar refractivity (Wildman–Crippen MR) is 169 cm³/mol. The number of rotatable bonds is 19. The van der Waals surface area contributed by atoms with E-state index in [9.17, 15) is 0 Å². The summed E-state index contributed by atoms with van der Waals surface area (Å²) in [7, 11) is 12.3. The molecule has 0 bridgehead atoms. The lowest BCUT2D eigenvalue weighted by molar-refractivity contribution is 0.122. The molecule has 0 unspecified atom stereocenters. The molecule has 0 aliphatic rings. The van der Waals surface area contributed by atoms with Crippen LogP contribution >= 0.6 is 41.2 Å². The van der Waals surface area contributed by atoms with Gasteiger partial charge in [0.1, 0.15) is 0 Å². The summed E-state index contributed by atoms with van der Waals surface area (Å²) in [5.41, 5.74) is 5.33. The van der Waals surface area contributed by atoms with Crippen molar-refractivity contribution in [1.82, 2.24) is 0 Å². The van der Waals surface area contributed by atoms with Crippen LogP contribution < -0.4 is 0 Å². The summed E-state index contributed by atoms with van der Waals surface area (Å²) >= 11 is 0. The highest BCUT2D eigenvalue weighted by molar-refractivity contribution is 9.26. The monoisotopic (exact) mass is 634 g/mol. The minimum absolute atomic E-state index is 0.797. The number of benzene rings is 2. The highest BCUT2D eigenvalue weighted by Gasteiger charge is 2.37. The maximum Gasteiger partial charge on any atom is 0.500 e. The topological polar surface area (TPSA) is 55.4 Å². The van der Waals surface area contributed by atoms with E-state index in [1.54, 1.807) is 42.7 Å². The highest BCUT2D eigenvalue weighted by atomic mass is 33.7. The van der Waals surface area contributed by atoms with Crippen LogP contribution in [0.4, 0.5) is 0 Å². The summed E-state index contributed by atoms with van der Waals surface area (Å²) in [6, 6.07) is 14.7. The standard InChI is InChI=1S/C26H42O6S4Si2/c1-21-13-9-15-23(17-11-19-37(27-3,28-4)29-5)25(21)33-35-36-34-26-22(2)14-10-16-24(26)18-12-20-38(30-6,31-7)32-8/h9-10,13-16H,11-12,17-20H2,1-8H3. The van der Waals surface area contributed by atoms with Gasteiger partial charge in [-0.2, -0.15) is 0 Å². The molecule has 0 saturated heterocycles. The van der Waals surface area contributed by atoms with E-state index in [1.165, 1.54) is 32.0 Å². The molecular weight excluding hydrogens is 593 g/mol. The average Bonchev–Trinajstić information content (AvgIpc) is 2.94. The van der Waals surface area contributed by atoms with Crippen molar-refractivity contribution in [1.29, 1.82) is 0 Å². The van der Waals surface area contributed by atoms with Crippen LogP contribution in [0.25, 0.3) is 0 Å². The van der Waals surface area contributed by atoms with Crippen molar-refractivity contribution in [2.45, 2.75) is 61.4 Å². The largest absolute Gasteiger partial charge is 0.500 e. The molecule has 0 heterocycles. The van der Waals surface area contributed by atoms with Gasteiger partial charge in [-0.25, -0.2) is 0 Å². The molecule has 0 saturated carbocycles. The zero-order valence-corrected chi connectivity index (χ0v) is 29.1. The van der Waals surface area contributed by atoms with Gasteiger partial charge in [-0.05, 0) is 103 Å². The van der Waals surface area contributed by atoms with Gasteiger partial charge in [0, 0.05) is 64.5 Å². The van der Waals surface area contributed by atoms with E-state index in [4.69, 9.17) is 26.6 Å². The van der Waals surface area contributed by atoms with Crippen LogP contribution in [0.15, 0.2) is 46.2 Å². The third-order valence-corrected chi connectivity index (χ3v) is 18.7. The molecule has 0 aliphatic heterocycles. The van der Waals surface area contributed by atoms with Gasteiger partial charge in [0.25, 0.3) is 0 Å². The molecule has 12 heteroatoms. The van der Waals surface area contributed by atoms with E-state index < -0.39 is 17.6 Å². The van der Waals surface area contributed by atoms with Gasteiger partial charge in [0.2, 0.25) is 0 Å². The Balaban J connectivity index is 1.96. The van der Waals surface area contributed by atoms with E-state index in [-0.39, 0.29) is 0 Å². The van der Waals surface area contributed by atoms with Crippen molar-refractivity contribution < 1.29 is 26.6 Å². The van der Waals surface area contributed by atoms with E-state index in [1.807, 2.05) is 41.2 Å². The first-order valence-electron chi connectivity index (χ1n) is 12.5.